The number of pyridine rings is 2. The SMILES string of the molecule is c1ccc(-c2ccc(-c3cc(-c4ccccc4)[n+](-c4ccncc4)c(-c4ccccc4)c3)cc2)cc1. The van der Waals surface area contributed by atoms with Crippen molar-refractivity contribution in [1.29, 1.82) is 0 Å². The van der Waals surface area contributed by atoms with E-state index >= 15 is 0 Å². The van der Waals surface area contributed by atoms with E-state index in [-0.39, 0.29) is 0 Å². The van der Waals surface area contributed by atoms with Gasteiger partial charge in [0.05, 0.1) is 0 Å². The van der Waals surface area contributed by atoms with Crippen LogP contribution in [0.1, 0.15) is 0 Å². The highest BCUT2D eigenvalue weighted by Crippen LogP contribution is 2.31. The van der Waals surface area contributed by atoms with Crippen molar-refractivity contribution in [3.63, 3.8) is 0 Å². The summed E-state index contributed by atoms with van der Waals surface area (Å²) >= 11 is 0. The minimum absolute atomic E-state index is 1.08. The second-order valence-electron chi connectivity index (χ2n) is 8.73. The summed E-state index contributed by atoms with van der Waals surface area (Å²) < 4.78 is 2.33. The first-order valence-electron chi connectivity index (χ1n) is 12.1. The van der Waals surface area contributed by atoms with Crippen molar-refractivity contribution >= 4 is 0 Å². The molecular weight excluding hydrogens is 436 g/mol. The van der Waals surface area contributed by atoms with Gasteiger partial charge in [0, 0.05) is 47.8 Å². The minimum Gasteiger partial charge on any atom is -0.264 e. The summed E-state index contributed by atoms with van der Waals surface area (Å²) in [5.74, 6) is 0. The molecule has 170 valence electrons. The summed E-state index contributed by atoms with van der Waals surface area (Å²) in [6, 6.07) is 49.2. The van der Waals surface area contributed by atoms with Gasteiger partial charge in [-0.3, -0.25) is 4.98 Å². The maximum Gasteiger partial charge on any atom is 0.219 e. The standard InChI is InChI=1S/C34H25N2/c1-4-10-26(11-5-1)27-16-18-28(19-17-27)31-24-33(29-12-6-2-7-13-29)36(32-20-22-35-23-21-32)34(25-31)30-14-8-3-9-15-30/h1-25H/q+1. The van der Waals surface area contributed by atoms with Gasteiger partial charge < -0.3 is 0 Å². The van der Waals surface area contributed by atoms with Crippen LogP contribution in [0.15, 0.2) is 152 Å². The molecular formula is C34H25N2+. The van der Waals surface area contributed by atoms with Crippen LogP contribution in [0.25, 0.3) is 50.5 Å². The molecule has 6 rings (SSSR count). The molecule has 2 nitrogen and oxygen atoms in total. The lowest BCUT2D eigenvalue weighted by Crippen LogP contribution is -2.36. The summed E-state index contributed by atoms with van der Waals surface area (Å²) in [5.41, 5.74) is 10.5. The van der Waals surface area contributed by atoms with E-state index in [4.69, 9.17) is 0 Å². The average Bonchev–Trinajstić information content (AvgIpc) is 2.98. The molecule has 6 aromatic rings. The normalized spacial score (nSPS) is 10.8. The number of hydrogen-bond donors (Lipinski definition) is 0. The number of benzene rings is 4. The summed E-state index contributed by atoms with van der Waals surface area (Å²) in [4.78, 5) is 4.26. The molecule has 2 heteroatoms. The van der Waals surface area contributed by atoms with Crippen LogP contribution in [0, 0.1) is 0 Å². The highest BCUT2D eigenvalue weighted by atomic mass is 15.0. The second kappa shape index (κ2) is 9.81. The molecule has 2 aromatic heterocycles. The van der Waals surface area contributed by atoms with Gasteiger partial charge in [0.25, 0.3) is 0 Å². The number of aromatic nitrogens is 2. The van der Waals surface area contributed by atoms with Gasteiger partial charge in [-0.2, -0.15) is 4.57 Å². The van der Waals surface area contributed by atoms with Crippen LogP contribution >= 0.6 is 0 Å². The zero-order chi connectivity index (χ0) is 24.2. The summed E-state index contributed by atoms with van der Waals surface area (Å²) in [7, 11) is 0. The molecule has 0 saturated heterocycles. The third kappa shape index (κ3) is 4.33. The first-order chi connectivity index (χ1) is 17.9. The molecule has 0 spiro atoms. The van der Waals surface area contributed by atoms with Gasteiger partial charge in [-0.15, -0.1) is 0 Å². The maximum absolute atomic E-state index is 4.26. The van der Waals surface area contributed by atoms with Crippen molar-refractivity contribution in [2.75, 3.05) is 0 Å². The summed E-state index contributed by atoms with van der Waals surface area (Å²) in [6.07, 6.45) is 3.70. The molecule has 4 aromatic carbocycles. The van der Waals surface area contributed by atoms with Crippen molar-refractivity contribution in [3.8, 4) is 50.5 Å². The van der Waals surface area contributed by atoms with Crippen molar-refractivity contribution in [3.05, 3.63) is 152 Å². The van der Waals surface area contributed by atoms with Gasteiger partial charge >= 0.3 is 0 Å². The Bertz CT molecular complexity index is 1520. The first kappa shape index (κ1) is 21.7. The number of hydrogen-bond acceptors (Lipinski definition) is 1. The predicted octanol–water partition coefficient (Wildman–Crippen LogP) is 8.03. The lowest BCUT2D eigenvalue weighted by atomic mass is 9.97. The van der Waals surface area contributed by atoms with Crippen molar-refractivity contribution < 1.29 is 4.57 Å². The third-order valence-electron chi connectivity index (χ3n) is 6.45. The highest BCUT2D eigenvalue weighted by Gasteiger charge is 2.24. The molecule has 0 aliphatic rings. The fourth-order valence-electron chi connectivity index (χ4n) is 4.66. The van der Waals surface area contributed by atoms with Crippen LogP contribution in [0.5, 0.6) is 0 Å². The molecule has 0 saturated carbocycles. The van der Waals surface area contributed by atoms with Gasteiger partial charge in [-0.25, -0.2) is 0 Å². The van der Waals surface area contributed by atoms with E-state index in [0.29, 0.717) is 0 Å². The largest absolute Gasteiger partial charge is 0.264 e. The Hall–Kier alpha value is -4.82. The van der Waals surface area contributed by atoms with Gasteiger partial charge in [-0.05, 0) is 46.5 Å². The fourth-order valence-corrected chi connectivity index (χ4v) is 4.66. The zero-order valence-electron chi connectivity index (χ0n) is 19.8. The van der Waals surface area contributed by atoms with Crippen LogP contribution in [0.3, 0.4) is 0 Å². The van der Waals surface area contributed by atoms with Gasteiger partial charge in [-0.1, -0.05) is 91.0 Å². The fraction of sp³-hybridized carbons (Fsp3) is 0. The molecule has 2 heterocycles. The molecule has 0 atom stereocenters. The minimum atomic E-state index is 1.08. The molecule has 0 N–H and O–H groups in total. The number of nitrogens with zero attached hydrogens (tertiary/aromatic N) is 2. The van der Waals surface area contributed by atoms with E-state index in [1.165, 1.54) is 22.3 Å². The van der Waals surface area contributed by atoms with Crippen molar-refractivity contribution in [1.82, 2.24) is 4.98 Å². The molecule has 0 amide bonds. The quantitative estimate of drug-likeness (QED) is 0.238. The van der Waals surface area contributed by atoms with E-state index < -0.39 is 0 Å². The first-order valence-corrected chi connectivity index (χ1v) is 12.1. The monoisotopic (exact) mass is 461 g/mol. The molecule has 0 radical (unpaired) electrons. The Labute approximate surface area is 211 Å². The smallest absolute Gasteiger partial charge is 0.219 e. The molecule has 0 unspecified atom stereocenters. The van der Waals surface area contributed by atoms with E-state index in [1.807, 2.05) is 12.4 Å². The van der Waals surface area contributed by atoms with E-state index in [9.17, 15) is 0 Å². The van der Waals surface area contributed by atoms with Gasteiger partial charge in [0.1, 0.15) is 0 Å². The lowest BCUT2D eigenvalue weighted by molar-refractivity contribution is -0.572. The lowest BCUT2D eigenvalue weighted by Gasteiger charge is -2.13. The van der Waals surface area contributed by atoms with E-state index in [2.05, 4.69) is 149 Å². The van der Waals surface area contributed by atoms with E-state index in [0.717, 1.165) is 28.2 Å². The van der Waals surface area contributed by atoms with Crippen LogP contribution in [0.2, 0.25) is 0 Å². The van der Waals surface area contributed by atoms with Crippen LogP contribution < -0.4 is 4.57 Å². The average molecular weight is 462 g/mol. The molecule has 0 fully saturated rings. The Kier molecular flexibility index (Phi) is 5.91. The Morgan fingerprint density at radius 1 is 0.361 bits per heavy atom. The summed E-state index contributed by atoms with van der Waals surface area (Å²) in [6.45, 7) is 0. The second-order valence-corrected chi connectivity index (χ2v) is 8.73. The number of rotatable bonds is 5. The molecule has 36 heavy (non-hydrogen) atoms. The third-order valence-corrected chi connectivity index (χ3v) is 6.45. The topological polar surface area (TPSA) is 16.8 Å². The van der Waals surface area contributed by atoms with Crippen LogP contribution in [-0.2, 0) is 0 Å². The molecule has 0 aliphatic heterocycles. The van der Waals surface area contributed by atoms with Crippen LogP contribution in [-0.4, -0.2) is 4.98 Å². The van der Waals surface area contributed by atoms with E-state index in [1.54, 1.807) is 0 Å². The van der Waals surface area contributed by atoms with Crippen LogP contribution in [0.4, 0.5) is 0 Å². The molecule has 0 aliphatic carbocycles. The highest BCUT2D eigenvalue weighted by molar-refractivity contribution is 5.76. The Balaban J connectivity index is 1.58. The van der Waals surface area contributed by atoms with Gasteiger partial charge in [0.2, 0.25) is 17.1 Å². The Morgan fingerprint density at radius 3 is 1.22 bits per heavy atom. The van der Waals surface area contributed by atoms with Gasteiger partial charge in [0.15, 0.2) is 0 Å². The van der Waals surface area contributed by atoms with Crippen molar-refractivity contribution in [2.24, 2.45) is 0 Å². The zero-order valence-corrected chi connectivity index (χ0v) is 19.8. The van der Waals surface area contributed by atoms with Crippen molar-refractivity contribution in [2.45, 2.75) is 0 Å². The maximum atomic E-state index is 4.26. The Morgan fingerprint density at radius 2 is 0.750 bits per heavy atom. The summed E-state index contributed by atoms with van der Waals surface area (Å²) in [5, 5.41) is 0. The predicted molar refractivity (Wildman–Crippen MR) is 148 cm³/mol. The molecule has 0 bridgehead atoms.